The first-order chi connectivity index (χ1) is 7.50. The third-order valence-electron chi connectivity index (χ3n) is 1.83. The van der Waals surface area contributed by atoms with E-state index in [2.05, 4.69) is 14.4 Å². The van der Waals surface area contributed by atoms with Crippen LogP contribution in [0.1, 0.15) is 12.6 Å². The van der Waals surface area contributed by atoms with Crippen LogP contribution < -0.4 is 0 Å². The van der Waals surface area contributed by atoms with E-state index in [1.54, 1.807) is 0 Å². The zero-order chi connectivity index (χ0) is 12.2. The molecule has 0 aromatic carbocycles. The standard InChI is InChI=1S/C8H10N2O6/c1-2-15-7(11)8(12,5-10(13)14)6-3-4-16-9-6/h3-4,12H,2,5H2,1H3. The van der Waals surface area contributed by atoms with Crippen LogP contribution in [0.5, 0.6) is 0 Å². The highest BCUT2D eigenvalue weighted by Gasteiger charge is 2.47. The Morgan fingerprint density at radius 3 is 2.94 bits per heavy atom. The van der Waals surface area contributed by atoms with Crippen LogP contribution in [0, 0.1) is 10.1 Å². The first-order valence-corrected chi connectivity index (χ1v) is 4.43. The van der Waals surface area contributed by atoms with Gasteiger partial charge < -0.3 is 14.4 Å². The predicted octanol–water partition coefficient (Wildman–Crippen LogP) is -0.298. The monoisotopic (exact) mass is 230 g/mol. The maximum absolute atomic E-state index is 11.4. The topological polar surface area (TPSA) is 116 Å². The third-order valence-corrected chi connectivity index (χ3v) is 1.83. The van der Waals surface area contributed by atoms with Gasteiger partial charge in [0.15, 0.2) is 0 Å². The van der Waals surface area contributed by atoms with Crippen LogP contribution >= 0.6 is 0 Å². The molecule has 88 valence electrons. The molecule has 1 heterocycles. The molecule has 0 amide bonds. The van der Waals surface area contributed by atoms with E-state index in [1.807, 2.05) is 0 Å². The highest BCUT2D eigenvalue weighted by Crippen LogP contribution is 2.21. The molecule has 16 heavy (non-hydrogen) atoms. The van der Waals surface area contributed by atoms with Gasteiger partial charge in [-0.15, -0.1) is 0 Å². The highest BCUT2D eigenvalue weighted by atomic mass is 16.6. The minimum atomic E-state index is -2.41. The molecule has 0 fully saturated rings. The van der Waals surface area contributed by atoms with Crippen LogP contribution in [0.2, 0.25) is 0 Å². The highest BCUT2D eigenvalue weighted by molar-refractivity contribution is 5.80. The van der Waals surface area contributed by atoms with Gasteiger partial charge in [0.1, 0.15) is 12.0 Å². The summed E-state index contributed by atoms with van der Waals surface area (Å²) in [5.41, 5.74) is -2.66. The number of carbonyl (C=O) groups excluding carboxylic acids is 1. The normalized spacial score (nSPS) is 14.1. The van der Waals surface area contributed by atoms with E-state index >= 15 is 0 Å². The minimum absolute atomic E-state index is 0.00326. The molecule has 8 heteroatoms. The Balaban J connectivity index is 3.02. The van der Waals surface area contributed by atoms with Crippen molar-refractivity contribution >= 4 is 5.97 Å². The number of hydrogen-bond donors (Lipinski definition) is 1. The largest absolute Gasteiger partial charge is 0.463 e. The zero-order valence-electron chi connectivity index (χ0n) is 8.45. The van der Waals surface area contributed by atoms with Gasteiger partial charge in [0.2, 0.25) is 6.54 Å². The summed E-state index contributed by atoms with van der Waals surface area (Å²) in [6, 6.07) is 1.17. The van der Waals surface area contributed by atoms with Crippen LogP contribution in [0.15, 0.2) is 16.9 Å². The average molecular weight is 230 g/mol. The van der Waals surface area contributed by atoms with Crippen LogP contribution in [-0.2, 0) is 15.1 Å². The van der Waals surface area contributed by atoms with Crippen molar-refractivity contribution in [2.45, 2.75) is 12.5 Å². The summed E-state index contributed by atoms with van der Waals surface area (Å²) in [6.07, 6.45) is 1.10. The molecular weight excluding hydrogens is 220 g/mol. The maximum atomic E-state index is 11.4. The summed E-state index contributed by atoms with van der Waals surface area (Å²) in [6.45, 7) is 0.488. The second-order valence-electron chi connectivity index (χ2n) is 2.96. The molecule has 8 nitrogen and oxygen atoms in total. The Bertz CT molecular complexity index is 376. The Hall–Kier alpha value is -1.96. The van der Waals surface area contributed by atoms with Crippen LogP contribution in [0.3, 0.4) is 0 Å². The van der Waals surface area contributed by atoms with Crippen molar-refractivity contribution in [1.82, 2.24) is 5.16 Å². The van der Waals surface area contributed by atoms with Crippen LogP contribution in [-0.4, -0.2) is 34.3 Å². The molecule has 0 saturated heterocycles. The number of nitrogens with zero attached hydrogens (tertiary/aromatic N) is 2. The number of aromatic nitrogens is 1. The van der Waals surface area contributed by atoms with Crippen molar-refractivity contribution in [3.63, 3.8) is 0 Å². The summed E-state index contributed by atoms with van der Waals surface area (Å²) < 4.78 is 8.99. The van der Waals surface area contributed by atoms with Crippen LogP contribution in [0.4, 0.5) is 0 Å². The summed E-state index contributed by atoms with van der Waals surface area (Å²) >= 11 is 0. The Morgan fingerprint density at radius 1 is 1.81 bits per heavy atom. The summed E-state index contributed by atoms with van der Waals surface area (Å²) in [5.74, 6) is -1.12. The van der Waals surface area contributed by atoms with Gasteiger partial charge in [-0.25, -0.2) is 4.79 Å². The molecule has 1 unspecified atom stereocenters. The van der Waals surface area contributed by atoms with Crippen molar-refractivity contribution in [1.29, 1.82) is 0 Å². The molecule has 1 aromatic rings. The Morgan fingerprint density at radius 2 is 2.50 bits per heavy atom. The van der Waals surface area contributed by atoms with Crippen molar-refractivity contribution in [3.8, 4) is 0 Å². The van der Waals surface area contributed by atoms with Gasteiger partial charge in [0.05, 0.1) is 6.61 Å². The van der Waals surface area contributed by atoms with Gasteiger partial charge in [-0.1, -0.05) is 5.16 Å². The fraction of sp³-hybridized carbons (Fsp3) is 0.500. The van der Waals surface area contributed by atoms with Gasteiger partial charge in [-0.3, -0.25) is 10.1 Å². The molecule has 0 aliphatic heterocycles. The lowest BCUT2D eigenvalue weighted by Gasteiger charge is -2.18. The van der Waals surface area contributed by atoms with Gasteiger partial charge in [0, 0.05) is 11.0 Å². The molecule has 0 radical (unpaired) electrons. The van der Waals surface area contributed by atoms with E-state index in [4.69, 9.17) is 0 Å². The van der Waals surface area contributed by atoms with Crippen molar-refractivity contribution in [3.05, 3.63) is 28.1 Å². The lowest BCUT2D eigenvalue weighted by atomic mass is 10.0. The number of rotatable bonds is 5. The van der Waals surface area contributed by atoms with E-state index < -0.39 is 23.0 Å². The second-order valence-corrected chi connectivity index (χ2v) is 2.96. The number of aliphatic hydroxyl groups is 1. The lowest BCUT2D eigenvalue weighted by molar-refractivity contribution is -0.499. The SMILES string of the molecule is CCOC(=O)C(O)(C[N+](=O)[O-])c1ccon1. The molecular formula is C8H10N2O6. The second kappa shape index (κ2) is 4.71. The van der Waals surface area contributed by atoms with E-state index in [1.165, 1.54) is 13.0 Å². The number of hydrogen-bond acceptors (Lipinski definition) is 7. The number of esters is 1. The molecule has 1 atom stereocenters. The van der Waals surface area contributed by atoms with E-state index in [0.717, 1.165) is 6.26 Å². The molecule has 0 bridgehead atoms. The minimum Gasteiger partial charge on any atom is -0.463 e. The molecule has 0 aliphatic rings. The van der Waals surface area contributed by atoms with Gasteiger partial charge >= 0.3 is 5.97 Å². The molecule has 1 rings (SSSR count). The lowest BCUT2D eigenvalue weighted by Crippen LogP contribution is -2.43. The third kappa shape index (κ3) is 2.34. The van der Waals surface area contributed by atoms with Gasteiger partial charge in [0.25, 0.3) is 5.60 Å². The quantitative estimate of drug-likeness (QED) is 0.419. The van der Waals surface area contributed by atoms with E-state index in [-0.39, 0.29) is 12.3 Å². The molecule has 0 aliphatic carbocycles. The fourth-order valence-corrected chi connectivity index (χ4v) is 1.11. The van der Waals surface area contributed by atoms with Crippen molar-refractivity contribution in [2.75, 3.05) is 13.2 Å². The van der Waals surface area contributed by atoms with E-state index in [0.29, 0.717) is 0 Å². The van der Waals surface area contributed by atoms with E-state index in [9.17, 15) is 20.0 Å². The van der Waals surface area contributed by atoms with Gasteiger partial charge in [-0.05, 0) is 6.92 Å². The molecule has 1 aromatic heterocycles. The summed E-state index contributed by atoms with van der Waals surface area (Å²) in [7, 11) is 0. The molecule has 0 spiro atoms. The first-order valence-electron chi connectivity index (χ1n) is 4.43. The number of ether oxygens (including phenoxy) is 1. The van der Waals surface area contributed by atoms with Crippen molar-refractivity contribution < 1.29 is 24.1 Å². The van der Waals surface area contributed by atoms with Crippen LogP contribution in [0.25, 0.3) is 0 Å². The fourth-order valence-electron chi connectivity index (χ4n) is 1.11. The first kappa shape index (κ1) is 12.1. The summed E-state index contributed by atoms with van der Waals surface area (Å²) in [4.78, 5) is 21.0. The Labute approximate surface area is 89.9 Å². The maximum Gasteiger partial charge on any atom is 0.351 e. The summed E-state index contributed by atoms with van der Waals surface area (Å²) in [5, 5.41) is 23.6. The number of nitro groups is 1. The van der Waals surface area contributed by atoms with Gasteiger partial charge in [-0.2, -0.15) is 0 Å². The Kier molecular flexibility index (Phi) is 3.56. The molecule has 1 N–H and O–H groups in total. The molecule has 0 saturated carbocycles. The number of carbonyl (C=O) groups is 1. The zero-order valence-corrected chi connectivity index (χ0v) is 8.45. The van der Waals surface area contributed by atoms with Crippen molar-refractivity contribution in [2.24, 2.45) is 0 Å². The average Bonchev–Trinajstić information content (AvgIpc) is 2.69. The predicted molar refractivity (Wildman–Crippen MR) is 48.9 cm³/mol. The smallest absolute Gasteiger partial charge is 0.351 e.